The summed E-state index contributed by atoms with van der Waals surface area (Å²) in [5.74, 6) is -1.88. The van der Waals surface area contributed by atoms with Crippen molar-refractivity contribution in [1.29, 1.82) is 0 Å². The molecule has 2 heterocycles. The molecule has 2 aromatic heterocycles. The lowest BCUT2D eigenvalue weighted by molar-refractivity contribution is 0.0601. The number of methoxy groups -OCH3 is 2. The maximum atomic E-state index is 12.7. The Hall–Kier alpha value is -2.88. The van der Waals surface area contributed by atoms with E-state index in [1.165, 1.54) is 20.3 Å². The number of carbonyl (C=O) groups excluding carboxylic acids is 3. The average Bonchev–Trinajstić information content (AvgIpc) is 3.32. The van der Waals surface area contributed by atoms with Crippen LogP contribution in [0.4, 0.5) is 5.00 Å². The Kier molecular flexibility index (Phi) is 6.45. The summed E-state index contributed by atoms with van der Waals surface area (Å²) in [4.78, 5) is 37.1. The summed E-state index contributed by atoms with van der Waals surface area (Å²) in [6.07, 6.45) is 0. The van der Waals surface area contributed by atoms with Crippen molar-refractivity contribution in [3.05, 3.63) is 56.0 Å². The van der Waals surface area contributed by atoms with E-state index in [-0.39, 0.29) is 21.1 Å². The van der Waals surface area contributed by atoms with Crippen molar-refractivity contribution in [2.24, 2.45) is 0 Å². The lowest BCUT2D eigenvalue weighted by atomic mass is 10.1. The van der Waals surface area contributed by atoms with Crippen LogP contribution in [0.25, 0.3) is 11.3 Å². The quantitative estimate of drug-likeness (QED) is 0.531. The summed E-state index contributed by atoms with van der Waals surface area (Å²) in [6.45, 7) is 1.57. The fraction of sp³-hybridized carbons (Fsp3) is 0.158. The number of halogens is 2. The number of ether oxygens (including phenoxy) is 2. The highest BCUT2D eigenvalue weighted by molar-refractivity contribution is 7.18. The van der Waals surface area contributed by atoms with E-state index in [1.54, 1.807) is 25.1 Å². The lowest BCUT2D eigenvalue weighted by Crippen LogP contribution is -2.14. The van der Waals surface area contributed by atoms with Gasteiger partial charge >= 0.3 is 11.9 Å². The molecule has 0 atom stereocenters. The number of hydrogen-bond donors (Lipinski definition) is 2. The van der Waals surface area contributed by atoms with E-state index in [0.29, 0.717) is 26.9 Å². The van der Waals surface area contributed by atoms with Crippen molar-refractivity contribution in [3.8, 4) is 11.3 Å². The van der Waals surface area contributed by atoms with E-state index in [4.69, 9.17) is 32.7 Å². The summed E-state index contributed by atoms with van der Waals surface area (Å²) in [6, 6.07) is 6.41. The van der Waals surface area contributed by atoms with Crippen LogP contribution in [-0.2, 0) is 9.47 Å². The summed E-state index contributed by atoms with van der Waals surface area (Å²) >= 11 is 13.0. The first-order valence-electron chi connectivity index (χ1n) is 8.39. The molecule has 0 bridgehead atoms. The fourth-order valence-corrected chi connectivity index (χ4v) is 4.29. The zero-order chi connectivity index (χ0) is 22.0. The zero-order valence-corrected chi connectivity index (χ0v) is 18.3. The Balaban J connectivity index is 1.92. The average molecular weight is 468 g/mol. The molecule has 1 amide bonds. The number of amides is 1. The van der Waals surface area contributed by atoms with Gasteiger partial charge in [-0.25, -0.2) is 9.59 Å². The molecule has 8 nitrogen and oxygen atoms in total. The minimum absolute atomic E-state index is 0.0803. The highest BCUT2D eigenvalue weighted by atomic mass is 35.5. The first-order chi connectivity index (χ1) is 14.3. The van der Waals surface area contributed by atoms with Gasteiger partial charge in [0.2, 0.25) is 0 Å². The molecule has 0 unspecified atom stereocenters. The van der Waals surface area contributed by atoms with Crippen LogP contribution in [0.2, 0.25) is 10.0 Å². The Morgan fingerprint density at radius 2 is 1.80 bits per heavy atom. The normalized spacial score (nSPS) is 10.6. The molecular formula is C19H15Cl2N3O5S. The van der Waals surface area contributed by atoms with Gasteiger partial charge in [-0.05, 0) is 36.8 Å². The van der Waals surface area contributed by atoms with Crippen LogP contribution in [0.5, 0.6) is 0 Å². The molecule has 2 N–H and O–H groups in total. The molecule has 156 valence electrons. The third-order valence-electron chi connectivity index (χ3n) is 4.16. The highest BCUT2D eigenvalue weighted by Gasteiger charge is 2.27. The van der Waals surface area contributed by atoms with Crippen LogP contribution in [-0.4, -0.2) is 42.3 Å². The Morgan fingerprint density at radius 3 is 2.43 bits per heavy atom. The van der Waals surface area contributed by atoms with E-state index in [1.807, 2.05) is 0 Å². The number of carbonyl (C=O) groups is 3. The van der Waals surface area contributed by atoms with Gasteiger partial charge in [0, 0.05) is 10.6 Å². The predicted molar refractivity (Wildman–Crippen MR) is 114 cm³/mol. The van der Waals surface area contributed by atoms with Crippen LogP contribution >= 0.6 is 34.5 Å². The number of hydrogen-bond acceptors (Lipinski definition) is 7. The second kappa shape index (κ2) is 8.86. The van der Waals surface area contributed by atoms with Crippen molar-refractivity contribution in [1.82, 2.24) is 10.2 Å². The minimum Gasteiger partial charge on any atom is -0.465 e. The molecule has 0 aliphatic carbocycles. The van der Waals surface area contributed by atoms with Crippen LogP contribution in [0.15, 0.2) is 24.3 Å². The molecule has 3 rings (SSSR count). The van der Waals surface area contributed by atoms with Gasteiger partial charge in [-0.15, -0.1) is 11.3 Å². The van der Waals surface area contributed by atoms with E-state index in [0.717, 1.165) is 11.3 Å². The second-order valence-corrected chi connectivity index (χ2v) is 7.85. The largest absolute Gasteiger partial charge is 0.465 e. The summed E-state index contributed by atoms with van der Waals surface area (Å²) < 4.78 is 9.50. The van der Waals surface area contributed by atoms with Gasteiger partial charge in [0.15, 0.2) is 0 Å². The van der Waals surface area contributed by atoms with Crippen molar-refractivity contribution < 1.29 is 23.9 Å². The Bertz CT molecular complexity index is 1160. The summed E-state index contributed by atoms with van der Waals surface area (Å²) in [7, 11) is 2.44. The number of nitrogens with one attached hydrogen (secondary N) is 2. The Labute approximate surface area is 185 Å². The van der Waals surface area contributed by atoms with Gasteiger partial charge in [0.25, 0.3) is 5.91 Å². The minimum atomic E-state index is -0.688. The standard InChI is InChI=1S/C19H15Cl2N3O5S/c1-8-14(18(26)28-2)17(30-15(8)19(27)29-3)22-16(25)13-7-12(23-24-13)10-5-4-9(20)6-11(10)21/h4-7H,1-3H3,(H,22,25)(H,23,24). The van der Waals surface area contributed by atoms with Gasteiger partial charge < -0.3 is 14.8 Å². The molecule has 0 aliphatic rings. The first-order valence-corrected chi connectivity index (χ1v) is 9.96. The molecule has 0 saturated heterocycles. The zero-order valence-electron chi connectivity index (χ0n) is 16.0. The van der Waals surface area contributed by atoms with Gasteiger partial charge in [0.1, 0.15) is 15.6 Å². The number of rotatable bonds is 5. The third kappa shape index (κ3) is 4.18. The van der Waals surface area contributed by atoms with Crippen molar-refractivity contribution in [2.45, 2.75) is 6.92 Å². The molecular weight excluding hydrogens is 453 g/mol. The molecule has 0 fully saturated rings. The molecule has 3 aromatic rings. The first kappa shape index (κ1) is 21.8. The molecule has 0 aliphatic heterocycles. The summed E-state index contributed by atoms with van der Waals surface area (Å²) in [5, 5.41) is 10.4. The number of H-pyrrole nitrogens is 1. The number of esters is 2. The Morgan fingerprint density at radius 1 is 1.10 bits per heavy atom. The van der Waals surface area contributed by atoms with E-state index >= 15 is 0 Å². The number of aromatic amines is 1. The molecule has 0 spiro atoms. The smallest absolute Gasteiger partial charge is 0.348 e. The maximum absolute atomic E-state index is 12.7. The number of thiophene rings is 1. The van der Waals surface area contributed by atoms with Gasteiger partial charge in [-0.1, -0.05) is 23.2 Å². The van der Waals surface area contributed by atoms with Crippen LogP contribution in [0.1, 0.15) is 36.1 Å². The molecule has 11 heteroatoms. The van der Waals surface area contributed by atoms with Gasteiger partial charge in [-0.2, -0.15) is 5.10 Å². The van der Waals surface area contributed by atoms with Crippen LogP contribution in [0.3, 0.4) is 0 Å². The second-order valence-electron chi connectivity index (χ2n) is 5.99. The van der Waals surface area contributed by atoms with Gasteiger partial charge in [-0.3, -0.25) is 9.89 Å². The van der Waals surface area contributed by atoms with E-state index in [2.05, 4.69) is 15.5 Å². The molecule has 0 saturated carbocycles. The molecule has 0 radical (unpaired) electrons. The monoisotopic (exact) mass is 467 g/mol. The fourth-order valence-electron chi connectivity index (χ4n) is 2.68. The predicted octanol–water partition coefficient (Wildman–Crippen LogP) is 4.58. The summed E-state index contributed by atoms with van der Waals surface area (Å²) in [5.41, 5.74) is 1.58. The lowest BCUT2D eigenvalue weighted by Gasteiger charge is -2.04. The third-order valence-corrected chi connectivity index (χ3v) is 5.90. The van der Waals surface area contributed by atoms with Crippen LogP contribution in [0, 0.1) is 6.92 Å². The molecule has 1 aromatic carbocycles. The maximum Gasteiger partial charge on any atom is 0.348 e. The van der Waals surface area contributed by atoms with Crippen molar-refractivity contribution in [3.63, 3.8) is 0 Å². The van der Waals surface area contributed by atoms with Gasteiger partial charge in [0.05, 0.1) is 30.5 Å². The SMILES string of the molecule is COC(=O)c1sc(NC(=O)c2cc(-c3ccc(Cl)cc3Cl)n[nH]2)c(C(=O)OC)c1C. The van der Waals surface area contributed by atoms with E-state index < -0.39 is 17.8 Å². The van der Waals surface area contributed by atoms with Crippen LogP contribution < -0.4 is 5.32 Å². The topological polar surface area (TPSA) is 110 Å². The number of benzene rings is 1. The molecule has 30 heavy (non-hydrogen) atoms. The number of anilines is 1. The van der Waals surface area contributed by atoms with Crippen molar-refractivity contribution >= 4 is 57.4 Å². The number of aromatic nitrogens is 2. The van der Waals surface area contributed by atoms with E-state index in [9.17, 15) is 14.4 Å². The highest BCUT2D eigenvalue weighted by Crippen LogP contribution is 2.35. The van der Waals surface area contributed by atoms with Crippen molar-refractivity contribution in [2.75, 3.05) is 19.5 Å². The number of nitrogens with zero attached hydrogens (tertiary/aromatic N) is 1.